The summed E-state index contributed by atoms with van der Waals surface area (Å²) in [5, 5.41) is 6.69. The molecule has 8 heteroatoms. The minimum Gasteiger partial charge on any atom is -0.353 e. The summed E-state index contributed by atoms with van der Waals surface area (Å²) in [4.78, 5) is 5.07. The van der Waals surface area contributed by atoms with Crippen LogP contribution in [-0.2, 0) is 32.0 Å². The van der Waals surface area contributed by atoms with E-state index in [2.05, 4.69) is 81.1 Å². The fourth-order valence-corrected chi connectivity index (χ4v) is 6.09. The van der Waals surface area contributed by atoms with Crippen LogP contribution in [0.3, 0.4) is 0 Å². The van der Waals surface area contributed by atoms with Crippen molar-refractivity contribution in [1.29, 1.82) is 0 Å². The fraction of sp³-hybridized carbons (Fsp3) is 0.647. The Morgan fingerprint density at radius 3 is 1.55 bits per heavy atom. The van der Waals surface area contributed by atoms with E-state index in [-0.39, 0.29) is 24.8 Å². The maximum atomic E-state index is 6.44. The second-order valence-electron chi connectivity index (χ2n) is 12.0. The number of hydrogen-bond acceptors (Lipinski definition) is 8. The van der Waals surface area contributed by atoms with Crippen molar-refractivity contribution in [1.82, 2.24) is 20.4 Å². The highest BCUT2D eigenvalue weighted by atomic mass is 16.7. The molecule has 2 aromatic carbocycles. The first-order valence-corrected chi connectivity index (χ1v) is 16.3. The molecule has 4 heterocycles. The summed E-state index contributed by atoms with van der Waals surface area (Å²) >= 11 is 0. The van der Waals surface area contributed by atoms with Gasteiger partial charge in [0, 0.05) is 78.7 Å². The molecule has 8 nitrogen and oxygen atoms in total. The Labute approximate surface area is 253 Å². The molecule has 4 fully saturated rings. The summed E-state index contributed by atoms with van der Waals surface area (Å²) in [5.41, 5.74) is 2.73. The summed E-state index contributed by atoms with van der Waals surface area (Å²) in [7, 11) is 0. The van der Waals surface area contributed by atoms with E-state index in [1.54, 1.807) is 0 Å². The largest absolute Gasteiger partial charge is 0.353 e. The lowest BCUT2D eigenvalue weighted by Gasteiger charge is -2.30. The summed E-state index contributed by atoms with van der Waals surface area (Å²) in [6.45, 7) is 11.6. The third-order valence-electron chi connectivity index (χ3n) is 8.34. The topological polar surface area (TPSA) is 67.5 Å². The van der Waals surface area contributed by atoms with Gasteiger partial charge in [0.1, 0.15) is 0 Å². The van der Waals surface area contributed by atoms with Crippen LogP contribution in [0.5, 0.6) is 0 Å². The van der Waals surface area contributed by atoms with Crippen molar-refractivity contribution in [3.05, 3.63) is 71.8 Å². The van der Waals surface area contributed by atoms with Gasteiger partial charge in [-0.2, -0.15) is 0 Å². The minimum absolute atomic E-state index is 0.0333. The maximum absolute atomic E-state index is 6.44. The van der Waals surface area contributed by atoms with Gasteiger partial charge >= 0.3 is 0 Å². The molecule has 0 radical (unpaired) electrons. The van der Waals surface area contributed by atoms with Gasteiger partial charge in [0.2, 0.25) is 0 Å². The van der Waals surface area contributed by atoms with Gasteiger partial charge in [0.05, 0.1) is 12.2 Å². The Morgan fingerprint density at radius 1 is 0.619 bits per heavy atom. The third kappa shape index (κ3) is 11.3. The van der Waals surface area contributed by atoms with E-state index in [9.17, 15) is 0 Å². The standard InChI is InChI=1S/C24H32N2O2.C10H20N2O2/c1-3-9-21(10-4-1)17-25-14-15-26(18-22-11-5-2-6-12-22)20-23(19-25)28-24-13-7-8-16-27-24;1-2-6-13-10(3-1)14-9-7-11-4-5-12-8-9/h1-6,9-12,23-24H,7-8,13-20H2;9-12H,1-8H2. The van der Waals surface area contributed by atoms with Gasteiger partial charge in [0.15, 0.2) is 12.6 Å². The molecule has 0 bridgehead atoms. The number of benzene rings is 2. The minimum atomic E-state index is -0.0333. The van der Waals surface area contributed by atoms with Crippen LogP contribution in [0.4, 0.5) is 0 Å². The van der Waals surface area contributed by atoms with Gasteiger partial charge in [-0.3, -0.25) is 9.80 Å². The van der Waals surface area contributed by atoms with E-state index in [1.165, 1.54) is 30.4 Å². The summed E-state index contributed by atoms with van der Waals surface area (Å²) in [6.07, 6.45) is 7.30. The van der Waals surface area contributed by atoms with Gasteiger partial charge in [-0.15, -0.1) is 0 Å². The van der Waals surface area contributed by atoms with E-state index in [0.29, 0.717) is 0 Å². The molecule has 4 aliphatic rings. The van der Waals surface area contributed by atoms with E-state index in [1.807, 2.05) is 0 Å². The van der Waals surface area contributed by atoms with Crippen molar-refractivity contribution in [2.24, 2.45) is 0 Å². The summed E-state index contributed by atoms with van der Waals surface area (Å²) in [5.74, 6) is 0. The van der Waals surface area contributed by atoms with Crippen LogP contribution in [0.1, 0.15) is 49.7 Å². The Kier molecular flexibility index (Phi) is 13.6. The fourth-order valence-electron chi connectivity index (χ4n) is 6.09. The first-order valence-electron chi connectivity index (χ1n) is 16.3. The molecule has 0 aromatic heterocycles. The van der Waals surface area contributed by atoms with Crippen LogP contribution < -0.4 is 10.6 Å². The molecule has 2 aromatic rings. The maximum Gasteiger partial charge on any atom is 0.158 e. The second kappa shape index (κ2) is 18.0. The van der Waals surface area contributed by atoms with E-state index in [4.69, 9.17) is 18.9 Å². The molecule has 6 rings (SSSR count). The Balaban J connectivity index is 0.000000211. The first kappa shape index (κ1) is 31.5. The van der Waals surface area contributed by atoms with Crippen molar-refractivity contribution in [3.8, 4) is 0 Å². The zero-order chi connectivity index (χ0) is 28.7. The predicted molar refractivity (Wildman–Crippen MR) is 166 cm³/mol. The van der Waals surface area contributed by atoms with E-state index in [0.717, 1.165) is 97.9 Å². The number of rotatable bonds is 8. The molecule has 4 aliphatic heterocycles. The molecular formula is C34H52N4O4. The van der Waals surface area contributed by atoms with Crippen molar-refractivity contribution in [3.63, 3.8) is 0 Å². The van der Waals surface area contributed by atoms with Crippen molar-refractivity contribution in [2.45, 2.75) is 76.4 Å². The second-order valence-corrected chi connectivity index (χ2v) is 12.0. The Bertz CT molecular complexity index is 913. The Morgan fingerprint density at radius 2 is 1.10 bits per heavy atom. The molecular weight excluding hydrogens is 528 g/mol. The molecule has 2 unspecified atom stereocenters. The molecule has 0 saturated carbocycles. The quantitative estimate of drug-likeness (QED) is 0.486. The van der Waals surface area contributed by atoms with E-state index < -0.39 is 0 Å². The zero-order valence-electron chi connectivity index (χ0n) is 25.3. The van der Waals surface area contributed by atoms with Gasteiger partial charge in [-0.1, -0.05) is 60.7 Å². The molecule has 2 N–H and O–H groups in total. The number of ether oxygens (including phenoxy) is 4. The molecule has 0 spiro atoms. The summed E-state index contributed by atoms with van der Waals surface area (Å²) in [6, 6.07) is 21.5. The molecule has 4 saturated heterocycles. The number of nitrogens with one attached hydrogen (secondary N) is 2. The smallest absolute Gasteiger partial charge is 0.158 e. The normalized spacial score (nSPS) is 25.6. The van der Waals surface area contributed by atoms with Crippen molar-refractivity contribution < 1.29 is 18.9 Å². The lowest BCUT2D eigenvalue weighted by atomic mass is 10.2. The van der Waals surface area contributed by atoms with Crippen LogP contribution in [0.2, 0.25) is 0 Å². The monoisotopic (exact) mass is 580 g/mol. The van der Waals surface area contributed by atoms with Crippen molar-refractivity contribution >= 4 is 0 Å². The van der Waals surface area contributed by atoms with Crippen molar-refractivity contribution in [2.75, 3.05) is 65.6 Å². The van der Waals surface area contributed by atoms with Gasteiger partial charge in [-0.05, 0) is 49.7 Å². The summed E-state index contributed by atoms with van der Waals surface area (Å²) < 4.78 is 23.7. The SMILES string of the molecule is C1CCC(OC2CNCCNC2)OC1.c1ccc(CN2CCN(Cc3ccccc3)CC(OC3CCCCO3)C2)cc1. The average molecular weight is 581 g/mol. The van der Waals surface area contributed by atoms with Crippen LogP contribution >= 0.6 is 0 Å². The lowest BCUT2D eigenvalue weighted by molar-refractivity contribution is -0.192. The average Bonchev–Trinajstić information content (AvgIpc) is 3.40. The van der Waals surface area contributed by atoms with Gasteiger partial charge < -0.3 is 29.6 Å². The van der Waals surface area contributed by atoms with Crippen LogP contribution in [0.15, 0.2) is 60.7 Å². The molecule has 42 heavy (non-hydrogen) atoms. The number of nitrogens with zero attached hydrogens (tertiary/aromatic N) is 2. The molecule has 2 atom stereocenters. The first-order chi connectivity index (χ1) is 20.8. The van der Waals surface area contributed by atoms with Crippen LogP contribution in [0.25, 0.3) is 0 Å². The van der Waals surface area contributed by atoms with E-state index >= 15 is 0 Å². The van der Waals surface area contributed by atoms with Gasteiger partial charge in [-0.25, -0.2) is 0 Å². The Hall–Kier alpha value is -1.88. The molecule has 0 aliphatic carbocycles. The van der Waals surface area contributed by atoms with Gasteiger partial charge in [0.25, 0.3) is 0 Å². The highest BCUT2D eigenvalue weighted by Crippen LogP contribution is 2.20. The zero-order valence-corrected chi connectivity index (χ0v) is 25.3. The number of hydrogen-bond donors (Lipinski definition) is 2. The highest BCUT2D eigenvalue weighted by molar-refractivity contribution is 5.15. The highest BCUT2D eigenvalue weighted by Gasteiger charge is 2.27. The predicted octanol–water partition coefficient (Wildman–Crippen LogP) is 4.01. The van der Waals surface area contributed by atoms with Crippen LogP contribution in [-0.4, -0.2) is 100 Å². The molecule has 232 valence electrons. The molecule has 0 amide bonds. The lowest BCUT2D eigenvalue weighted by Crippen LogP contribution is -2.39. The third-order valence-corrected chi connectivity index (χ3v) is 8.34. The van der Waals surface area contributed by atoms with Crippen LogP contribution in [0, 0.1) is 0 Å².